The molecule has 3 aliphatic heterocycles. The molecule has 0 spiro atoms. The summed E-state index contributed by atoms with van der Waals surface area (Å²) in [5.41, 5.74) is 22.3. The van der Waals surface area contributed by atoms with Crippen molar-refractivity contribution in [2.75, 3.05) is 96.5 Å². The maximum Gasteiger partial charge on any atom is 0.254 e. The maximum absolute atomic E-state index is 13.3. The predicted octanol–water partition coefficient (Wildman–Crippen LogP) is 17.4. The van der Waals surface area contributed by atoms with Crippen molar-refractivity contribution in [2.45, 2.75) is 44.7 Å². The first-order valence-electron chi connectivity index (χ1n) is 46.5. The second-order valence-corrected chi connectivity index (χ2v) is 34.6. The molecular weight excluding hydrogens is 1760 g/mol. The Bertz CT molecular complexity index is 7950. The van der Waals surface area contributed by atoms with E-state index in [4.69, 9.17) is 0 Å². The smallest absolute Gasteiger partial charge is 0.254 e. The fraction of sp³-hybridized carbons (Fsp3) is 0.156. The number of hydrogen-bond donors (Lipinski definition) is 9. The molecular formula is C109H98FN23O7. The lowest BCUT2D eigenvalue weighted by atomic mass is 9.99. The summed E-state index contributed by atoms with van der Waals surface area (Å²) in [5, 5.41) is 16.8. The Morgan fingerprint density at radius 2 is 0.757 bits per heavy atom. The zero-order valence-electron chi connectivity index (χ0n) is 76.4. The molecule has 0 atom stereocenters. The molecule has 1 aliphatic carbocycles. The van der Waals surface area contributed by atoms with E-state index in [1.54, 1.807) is 104 Å². The number of nitrogens with one attached hydrogen (secondary N) is 9. The Kier molecular flexibility index (Phi) is 25.9. The van der Waals surface area contributed by atoms with Gasteiger partial charge in [0.15, 0.2) is 22.6 Å². The van der Waals surface area contributed by atoms with E-state index >= 15 is 0 Å². The zero-order valence-corrected chi connectivity index (χ0v) is 76.4. The summed E-state index contributed by atoms with van der Waals surface area (Å²) in [6.45, 7) is 12.1. The van der Waals surface area contributed by atoms with Crippen molar-refractivity contribution in [1.82, 2.24) is 82.5 Å². The summed E-state index contributed by atoms with van der Waals surface area (Å²) in [7, 11) is 0. The number of nitrogens with zero attached hydrogens (tertiary/aromatic N) is 14. The average Bonchev–Trinajstić information content (AvgIpc) is 1.61. The zero-order chi connectivity index (χ0) is 95.6. The highest BCUT2D eigenvalue weighted by molar-refractivity contribution is 5.97. The molecule has 140 heavy (non-hydrogen) atoms. The quantitative estimate of drug-likeness (QED) is 0.0323. The number of benzene rings is 6. The number of fused-ring (bicyclic) bond motifs is 5. The lowest BCUT2D eigenvalue weighted by Gasteiger charge is -2.36. The summed E-state index contributed by atoms with van der Waals surface area (Å²) in [5.74, 6) is 0.568. The molecule has 0 radical (unpaired) electrons. The van der Waals surface area contributed by atoms with Crippen LogP contribution in [0.1, 0.15) is 74.0 Å². The van der Waals surface area contributed by atoms with E-state index < -0.39 is 5.54 Å². The van der Waals surface area contributed by atoms with Gasteiger partial charge in [0.25, 0.3) is 17.7 Å². The third-order valence-corrected chi connectivity index (χ3v) is 25.6. The van der Waals surface area contributed by atoms with E-state index in [2.05, 4.69) is 136 Å². The minimum absolute atomic E-state index is 0.0325. The van der Waals surface area contributed by atoms with E-state index in [-0.39, 0.29) is 45.8 Å². The molecule has 19 aromatic rings. The van der Waals surface area contributed by atoms with Crippen molar-refractivity contribution in [1.29, 1.82) is 0 Å². The van der Waals surface area contributed by atoms with E-state index in [1.807, 2.05) is 210 Å². The molecule has 13 aromatic heterocycles. The van der Waals surface area contributed by atoms with Gasteiger partial charge in [-0.05, 0) is 243 Å². The lowest BCUT2D eigenvalue weighted by Crippen LogP contribution is -2.49. The first-order valence-corrected chi connectivity index (χ1v) is 46.5. The first-order chi connectivity index (χ1) is 68.5. The van der Waals surface area contributed by atoms with Crippen molar-refractivity contribution in [3.63, 3.8) is 0 Å². The fourth-order valence-corrected chi connectivity index (χ4v) is 18.2. The van der Waals surface area contributed by atoms with Crippen LogP contribution in [0.2, 0.25) is 0 Å². The summed E-state index contributed by atoms with van der Waals surface area (Å²) < 4.78 is 21.1. The minimum atomic E-state index is -0.417. The van der Waals surface area contributed by atoms with Crippen molar-refractivity contribution in [2.24, 2.45) is 0 Å². The second-order valence-electron chi connectivity index (χ2n) is 34.6. The molecule has 3 amide bonds. The molecule has 0 bridgehead atoms. The number of rotatable bonds is 21. The van der Waals surface area contributed by atoms with Gasteiger partial charge in [-0.25, -0.2) is 29.3 Å². The monoisotopic (exact) mass is 1860 g/mol. The minimum Gasteiger partial charge on any atom is -0.369 e. The largest absolute Gasteiger partial charge is 0.369 e. The molecule has 698 valence electrons. The molecule has 2 saturated heterocycles. The van der Waals surface area contributed by atoms with Crippen molar-refractivity contribution in [3.05, 3.63) is 422 Å². The van der Waals surface area contributed by atoms with Gasteiger partial charge in [-0.2, -0.15) is 0 Å². The molecule has 6 aromatic carbocycles. The summed E-state index contributed by atoms with van der Waals surface area (Å²) in [6.07, 6.45) is 26.6. The normalized spacial score (nSPS) is 13.8. The number of pyridine rings is 9. The van der Waals surface area contributed by atoms with Crippen LogP contribution in [0.4, 0.5) is 61.4 Å². The van der Waals surface area contributed by atoms with Crippen LogP contribution in [0, 0.1) is 5.82 Å². The van der Waals surface area contributed by atoms with Crippen LogP contribution in [0.25, 0.3) is 67.6 Å². The Balaban J connectivity index is 0.000000115. The standard InChI is InChI=1S/C28H22FN5O2.C28H25N7O2.C28H23N5O2.C25H28N6O/c29-21-5-3-20(4-6-21)28(12-13-28)33-27(36)18-1-7-22(8-2-18)32-23-9-10-24(34-16-15-31-26(23)34)19-11-14-30-25(35)17-19;36-26-19-21(10-12-30-26)24-9-8-23(27-31-13-14-35(24)27)32-22-6-4-20(5-7-22)28(37)34-17-15-33(16-18-34)25-3-1-2-11-29-25;34-26-17-21(11-13-29-26)25-10-9-24(27-30-14-16-33(25)27)31-23-7-5-20(6-8-23)28(35)32-15-12-19-3-1-2-4-22(19)18-32;1-2-12-29-14-16-30(17-15-29)21-5-3-20(4-6-21)28-22-7-8-23(31-13-11-27-25(22)31)19-9-10-26-24(32)18-19/h1-11,14-17,32H,12-13H2,(H,30,35)(H,33,36);1-14,19,32H,15-18H2,(H,30,36);1-11,13-14,16-17,31H,12,15,18H2,(H,29,34);3-11,13,18,28H,2,12,14-17H2,1H3,(H,26,32). The molecule has 3 fully saturated rings. The predicted molar refractivity (Wildman–Crippen MR) is 545 cm³/mol. The average molecular weight is 1860 g/mol. The van der Waals surface area contributed by atoms with E-state index in [1.165, 1.54) is 41.9 Å². The number of anilines is 10. The van der Waals surface area contributed by atoms with Crippen LogP contribution < -0.4 is 58.6 Å². The highest BCUT2D eigenvalue weighted by Crippen LogP contribution is 2.46. The number of aromatic amines is 4. The van der Waals surface area contributed by atoms with Crippen LogP contribution in [-0.2, 0) is 18.5 Å². The van der Waals surface area contributed by atoms with Gasteiger partial charge in [0, 0.05) is 238 Å². The van der Waals surface area contributed by atoms with Gasteiger partial charge in [0.05, 0.1) is 51.1 Å². The Morgan fingerprint density at radius 1 is 0.371 bits per heavy atom. The number of carbonyl (C=O) groups excluding carboxylic acids is 3. The van der Waals surface area contributed by atoms with Gasteiger partial charge in [-0.1, -0.05) is 49.4 Å². The summed E-state index contributed by atoms with van der Waals surface area (Å²) >= 11 is 0. The van der Waals surface area contributed by atoms with Crippen LogP contribution in [0.3, 0.4) is 0 Å². The molecule has 16 heterocycles. The number of carbonyl (C=O) groups is 3. The summed E-state index contributed by atoms with van der Waals surface area (Å²) in [6, 6.07) is 80.8. The number of aromatic nitrogens is 13. The number of halogens is 1. The van der Waals surface area contributed by atoms with Crippen molar-refractivity contribution < 1.29 is 18.8 Å². The molecule has 0 unspecified atom stereocenters. The SMILES string of the molecule is CCCN1CCN(c2ccc(Nc3ccc(-c4cc[nH]c(=O)c4)n4ccnc34)cc2)CC1.O=C(NC1(c2ccc(F)cc2)CC1)c1ccc(Nc2ccc(-c3cc[nH]c(=O)c3)n3ccnc23)cc1.O=C(c1ccc(Nc2ccc(-c3cc[nH]c(=O)c3)n3ccnc23)cc1)N1CCN(c2ccccn2)CC1.O=C(c1ccc(Nc2ccc(-c3cc[nH]c(=O)c3)n3ccnc23)cc1)N1CCc2ccccc2C1. The van der Waals surface area contributed by atoms with Gasteiger partial charge in [0.2, 0.25) is 22.2 Å². The van der Waals surface area contributed by atoms with Crippen LogP contribution in [0.15, 0.2) is 361 Å². The fourth-order valence-electron chi connectivity index (χ4n) is 18.2. The molecule has 4 aliphatic rings. The number of imidazole rings is 4. The van der Waals surface area contributed by atoms with E-state index in [0.717, 1.165) is 184 Å². The van der Waals surface area contributed by atoms with Gasteiger partial charge in [-0.15, -0.1) is 0 Å². The Labute approximate surface area is 802 Å². The summed E-state index contributed by atoms with van der Waals surface area (Å²) in [4.78, 5) is 130. The maximum atomic E-state index is 13.3. The van der Waals surface area contributed by atoms with Crippen molar-refractivity contribution >= 4 is 97.3 Å². The van der Waals surface area contributed by atoms with Crippen LogP contribution >= 0.6 is 0 Å². The number of hydrogen-bond acceptors (Lipinski definition) is 19. The van der Waals surface area contributed by atoms with Crippen LogP contribution in [-0.4, -0.2) is 160 Å². The Hall–Kier alpha value is -17.9. The molecule has 30 nitrogen and oxygen atoms in total. The third-order valence-electron chi connectivity index (χ3n) is 25.6. The first kappa shape index (κ1) is 90.0. The number of H-pyrrole nitrogens is 4. The van der Waals surface area contributed by atoms with Gasteiger partial charge >= 0.3 is 0 Å². The highest BCUT2D eigenvalue weighted by Gasteiger charge is 2.46. The van der Waals surface area contributed by atoms with Gasteiger partial charge in [0.1, 0.15) is 11.6 Å². The van der Waals surface area contributed by atoms with E-state index in [0.29, 0.717) is 42.0 Å². The second kappa shape index (κ2) is 40.4. The number of piperazine rings is 2. The molecule has 1 saturated carbocycles. The van der Waals surface area contributed by atoms with Crippen LogP contribution in [0.5, 0.6) is 0 Å². The van der Waals surface area contributed by atoms with Gasteiger partial charge in [-0.3, -0.25) is 56.1 Å². The molecule has 23 rings (SSSR count). The van der Waals surface area contributed by atoms with Gasteiger partial charge < -0.3 is 66.1 Å². The third kappa shape index (κ3) is 20.1. The lowest BCUT2D eigenvalue weighted by molar-refractivity contribution is 0.0731. The Morgan fingerprint density at radius 3 is 1.15 bits per heavy atom. The highest BCUT2D eigenvalue weighted by atomic mass is 19.1. The van der Waals surface area contributed by atoms with Crippen molar-refractivity contribution in [3.8, 4) is 45.0 Å². The van der Waals surface area contributed by atoms with E-state index in [9.17, 15) is 38.0 Å². The molecule has 31 heteroatoms. The number of amides is 3. The molecule has 9 N–H and O–H groups in total. The topological polar surface area (TPSA) is 341 Å².